The van der Waals surface area contributed by atoms with Gasteiger partial charge in [0.15, 0.2) is 0 Å². The summed E-state index contributed by atoms with van der Waals surface area (Å²) in [6.07, 6.45) is 3.82. The molecule has 0 radical (unpaired) electrons. The first-order valence-corrected chi connectivity index (χ1v) is 4.68. The number of thiol groups is 1. The third-order valence-electron chi connectivity index (χ3n) is 1.47. The fourth-order valence-electron chi connectivity index (χ4n) is 0.852. The first-order valence-electron chi connectivity index (χ1n) is 4.04. The van der Waals surface area contributed by atoms with Gasteiger partial charge in [0, 0.05) is 19.2 Å². The third-order valence-corrected chi connectivity index (χ3v) is 1.70. The predicted octanol–water partition coefficient (Wildman–Crippen LogP) is -0.286. The summed E-state index contributed by atoms with van der Waals surface area (Å²) in [5.41, 5.74) is 0. The lowest BCUT2D eigenvalue weighted by Gasteiger charge is -2.02. The zero-order chi connectivity index (χ0) is 9.52. The minimum absolute atomic E-state index is 0.0233. The Morgan fingerprint density at radius 3 is 3.08 bits per heavy atom. The van der Waals surface area contributed by atoms with Crippen molar-refractivity contribution in [2.75, 3.05) is 12.3 Å². The second-order valence-corrected chi connectivity index (χ2v) is 2.94. The van der Waals surface area contributed by atoms with E-state index in [1.54, 1.807) is 17.1 Å². The molecule has 6 heteroatoms. The minimum Gasteiger partial charge on any atom is -0.354 e. The van der Waals surface area contributed by atoms with Crippen molar-refractivity contribution in [3.05, 3.63) is 12.4 Å². The third kappa shape index (κ3) is 3.93. The smallest absolute Gasteiger partial charge is 0.220 e. The number of carbonyl (C=O) groups is 1. The van der Waals surface area contributed by atoms with E-state index in [2.05, 4.69) is 28.3 Å². The van der Waals surface area contributed by atoms with Crippen LogP contribution in [0.4, 0.5) is 0 Å². The minimum atomic E-state index is 0.0233. The Bertz CT molecular complexity index is 249. The van der Waals surface area contributed by atoms with Crippen molar-refractivity contribution in [1.29, 1.82) is 0 Å². The van der Waals surface area contributed by atoms with Gasteiger partial charge >= 0.3 is 0 Å². The van der Waals surface area contributed by atoms with Gasteiger partial charge in [-0.1, -0.05) is 5.21 Å². The van der Waals surface area contributed by atoms with Crippen LogP contribution in [0.2, 0.25) is 0 Å². The summed E-state index contributed by atoms with van der Waals surface area (Å²) in [4.78, 5) is 11.0. The fourth-order valence-corrected chi connectivity index (χ4v) is 1.05. The summed E-state index contributed by atoms with van der Waals surface area (Å²) < 4.78 is 1.67. The van der Waals surface area contributed by atoms with Gasteiger partial charge in [-0.25, -0.2) is 0 Å². The highest BCUT2D eigenvalue weighted by atomic mass is 32.1. The van der Waals surface area contributed by atoms with E-state index >= 15 is 0 Å². The molecule has 0 bridgehead atoms. The molecule has 0 unspecified atom stereocenters. The number of nitrogens with one attached hydrogen (secondary N) is 1. The number of rotatable bonds is 5. The molecule has 13 heavy (non-hydrogen) atoms. The van der Waals surface area contributed by atoms with Crippen LogP contribution in [-0.2, 0) is 11.3 Å². The van der Waals surface area contributed by atoms with Crippen molar-refractivity contribution in [3.63, 3.8) is 0 Å². The van der Waals surface area contributed by atoms with Crippen LogP contribution in [0.5, 0.6) is 0 Å². The average Bonchev–Trinajstić information content (AvgIpc) is 2.57. The normalized spacial score (nSPS) is 9.92. The SMILES string of the molecule is O=C(CCS)NCCn1ccnn1. The van der Waals surface area contributed by atoms with Gasteiger partial charge in [-0.2, -0.15) is 12.6 Å². The summed E-state index contributed by atoms with van der Waals surface area (Å²) in [5, 5.41) is 10.1. The zero-order valence-corrected chi connectivity index (χ0v) is 8.07. The highest BCUT2D eigenvalue weighted by Crippen LogP contribution is 1.84. The molecule has 0 aliphatic heterocycles. The van der Waals surface area contributed by atoms with E-state index < -0.39 is 0 Å². The molecule has 0 spiro atoms. The van der Waals surface area contributed by atoms with Crippen LogP contribution < -0.4 is 5.32 Å². The van der Waals surface area contributed by atoms with Crippen molar-refractivity contribution < 1.29 is 4.79 Å². The Morgan fingerprint density at radius 1 is 1.62 bits per heavy atom. The number of nitrogens with zero attached hydrogens (tertiary/aromatic N) is 3. The van der Waals surface area contributed by atoms with Gasteiger partial charge in [0.1, 0.15) is 0 Å². The highest BCUT2D eigenvalue weighted by Gasteiger charge is 1.98. The Kier molecular flexibility index (Phi) is 4.31. The molecule has 0 atom stereocenters. The monoisotopic (exact) mass is 200 g/mol. The molecule has 1 amide bonds. The topological polar surface area (TPSA) is 59.8 Å². The summed E-state index contributed by atoms with van der Waals surface area (Å²) >= 11 is 3.95. The Hall–Kier alpha value is -1.04. The molecule has 1 heterocycles. The van der Waals surface area contributed by atoms with Crippen molar-refractivity contribution in [1.82, 2.24) is 20.3 Å². The maximum absolute atomic E-state index is 11.0. The molecular weight excluding hydrogens is 188 g/mol. The van der Waals surface area contributed by atoms with Gasteiger partial charge in [0.25, 0.3) is 0 Å². The van der Waals surface area contributed by atoms with Crippen molar-refractivity contribution in [2.45, 2.75) is 13.0 Å². The van der Waals surface area contributed by atoms with E-state index in [0.29, 0.717) is 25.3 Å². The molecule has 0 aromatic carbocycles. The first-order chi connectivity index (χ1) is 6.33. The lowest BCUT2D eigenvalue weighted by atomic mass is 10.4. The van der Waals surface area contributed by atoms with Crippen LogP contribution >= 0.6 is 12.6 Å². The number of hydrogen-bond acceptors (Lipinski definition) is 4. The number of aromatic nitrogens is 3. The molecule has 0 saturated heterocycles. The second kappa shape index (κ2) is 5.58. The van der Waals surface area contributed by atoms with E-state index in [1.165, 1.54) is 0 Å². The van der Waals surface area contributed by atoms with Crippen molar-refractivity contribution in [3.8, 4) is 0 Å². The van der Waals surface area contributed by atoms with Crippen LogP contribution in [0.1, 0.15) is 6.42 Å². The van der Waals surface area contributed by atoms with Gasteiger partial charge in [-0.15, -0.1) is 5.10 Å². The van der Waals surface area contributed by atoms with Gasteiger partial charge in [0.2, 0.25) is 5.91 Å². The van der Waals surface area contributed by atoms with Crippen LogP contribution in [0.15, 0.2) is 12.4 Å². The standard InChI is InChI=1S/C7H12N4OS/c12-7(1-6-13)8-2-4-11-5-3-9-10-11/h3,5,13H,1-2,4,6H2,(H,8,12). The van der Waals surface area contributed by atoms with E-state index in [0.717, 1.165) is 0 Å². The van der Waals surface area contributed by atoms with Crippen LogP contribution in [0.25, 0.3) is 0 Å². The number of hydrogen-bond donors (Lipinski definition) is 2. The molecule has 1 aromatic heterocycles. The first kappa shape index (κ1) is 10.0. The predicted molar refractivity (Wildman–Crippen MR) is 51.5 cm³/mol. The summed E-state index contributed by atoms with van der Waals surface area (Å²) in [6.45, 7) is 1.23. The fraction of sp³-hybridized carbons (Fsp3) is 0.571. The summed E-state index contributed by atoms with van der Waals surface area (Å²) in [7, 11) is 0. The summed E-state index contributed by atoms with van der Waals surface area (Å²) in [5.74, 6) is 0.602. The summed E-state index contributed by atoms with van der Waals surface area (Å²) in [6, 6.07) is 0. The molecular formula is C7H12N4OS. The lowest BCUT2D eigenvalue weighted by molar-refractivity contribution is -0.120. The van der Waals surface area contributed by atoms with E-state index in [1.807, 2.05) is 0 Å². The van der Waals surface area contributed by atoms with Crippen molar-refractivity contribution >= 4 is 18.5 Å². The maximum atomic E-state index is 11.0. The second-order valence-electron chi connectivity index (χ2n) is 2.49. The largest absolute Gasteiger partial charge is 0.354 e. The van der Waals surface area contributed by atoms with Gasteiger partial charge < -0.3 is 5.32 Å². The molecule has 72 valence electrons. The maximum Gasteiger partial charge on any atom is 0.220 e. The molecule has 1 rings (SSSR count). The van der Waals surface area contributed by atoms with E-state index in [-0.39, 0.29) is 5.91 Å². The Labute approximate surface area is 81.9 Å². The Balaban J connectivity index is 2.11. The van der Waals surface area contributed by atoms with Gasteiger partial charge in [0.05, 0.1) is 12.7 Å². The van der Waals surface area contributed by atoms with Gasteiger partial charge in [-0.05, 0) is 5.75 Å². The molecule has 1 N–H and O–H groups in total. The van der Waals surface area contributed by atoms with Crippen LogP contribution in [0.3, 0.4) is 0 Å². The quantitative estimate of drug-likeness (QED) is 0.642. The molecule has 1 aromatic rings. The molecule has 5 nitrogen and oxygen atoms in total. The highest BCUT2D eigenvalue weighted by molar-refractivity contribution is 7.80. The van der Waals surface area contributed by atoms with Crippen LogP contribution in [0, 0.1) is 0 Å². The van der Waals surface area contributed by atoms with Crippen molar-refractivity contribution in [2.24, 2.45) is 0 Å². The number of amides is 1. The molecule has 0 fully saturated rings. The van der Waals surface area contributed by atoms with E-state index in [4.69, 9.17) is 0 Å². The lowest BCUT2D eigenvalue weighted by Crippen LogP contribution is -2.27. The van der Waals surface area contributed by atoms with E-state index in [9.17, 15) is 4.79 Å². The number of carbonyl (C=O) groups excluding carboxylic acids is 1. The van der Waals surface area contributed by atoms with Gasteiger partial charge in [-0.3, -0.25) is 9.48 Å². The Morgan fingerprint density at radius 2 is 2.46 bits per heavy atom. The molecule has 0 aliphatic carbocycles. The van der Waals surface area contributed by atoms with Crippen LogP contribution in [-0.4, -0.2) is 33.2 Å². The molecule has 0 aliphatic rings. The zero-order valence-electron chi connectivity index (χ0n) is 7.18. The molecule has 0 saturated carbocycles. The average molecular weight is 200 g/mol.